The first-order chi connectivity index (χ1) is 9.63. The highest BCUT2D eigenvalue weighted by Gasteiger charge is 2.08. The van der Waals surface area contributed by atoms with Gasteiger partial charge in [-0.05, 0) is 42.8 Å². The number of nitrogens with zero attached hydrogens (tertiary/aromatic N) is 3. The van der Waals surface area contributed by atoms with E-state index in [0.717, 1.165) is 21.1 Å². The van der Waals surface area contributed by atoms with Crippen molar-refractivity contribution in [3.05, 3.63) is 53.9 Å². The van der Waals surface area contributed by atoms with Crippen LogP contribution >= 0.6 is 11.8 Å². The first kappa shape index (κ1) is 12.7. The van der Waals surface area contributed by atoms with Gasteiger partial charge >= 0.3 is 5.97 Å². The van der Waals surface area contributed by atoms with Gasteiger partial charge in [-0.1, -0.05) is 17.8 Å². The Bertz CT molecular complexity index is 798. The minimum Gasteiger partial charge on any atom is -0.478 e. The van der Waals surface area contributed by atoms with Crippen molar-refractivity contribution in [3.8, 4) is 0 Å². The first-order valence-corrected chi connectivity index (χ1v) is 6.77. The molecule has 1 N–H and O–H groups in total. The van der Waals surface area contributed by atoms with Gasteiger partial charge in [-0.3, -0.25) is 0 Å². The second kappa shape index (κ2) is 4.97. The van der Waals surface area contributed by atoms with Gasteiger partial charge in [-0.25, -0.2) is 14.3 Å². The highest BCUT2D eigenvalue weighted by atomic mass is 32.2. The van der Waals surface area contributed by atoms with E-state index < -0.39 is 5.97 Å². The number of carboxylic acid groups (broad SMARTS) is 1. The third-order valence-electron chi connectivity index (χ3n) is 2.79. The fourth-order valence-corrected chi connectivity index (χ4v) is 2.95. The molecule has 0 saturated carbocycles. The van der Waals surface area contributed by atoms with E-state index in [1.54, 1.807) is 22.7 Å². The number of carboxylic acids is 1. The summed E-state index contributed by atoms with van der Waals surface area (Å²) in [5.74, 6) is -0.928. The minimum atomic E-state index is -0.928. The van der Waals surface area contributed by atoms with Gasteiger partial charge in [0.05, 0.1) is 5.56 Å². The summed E-state index contributed by atoms with van der Waals surface area (Å²) in [4.78, 5) is 16.0. The Morgan fingerprint density at radius 2 is 2.15 bits per heavy atom. The number of carbonyl (C=O) groups is 1. The predicted octanol–water partition coefficient (Wildman–Crippen LogP) is 2.89. The van der Waals surface area contributed by atoms with E-state index in [2.05, 4.69) is 10.1 Å². The summed E-state index contributed by atoms with van der Waals surface area (Å²) in [6.45, 7) is 1.99. The van der Waals surface area contributed by atoms with Crippen molar-refractivity contribution in [1.29, 1.82) is 0 Å². The molecule has 0 aliphatic heterocycles. The van der Waals surface area contributed by atoms with Gasteiger partial charge in [0.25, 0.3) is 0 Å². The molecule has 0 amide bonds. The maximum atomic E-state index is 11.0. The molecule has 100 valence electrons. The molecule has 0 radical (unpaired) electrons. The summed E-state index contributed by atoms with van der Waals surface area (Å²) in [6.07, 6.45) is 1.51. The Morgan fingerprint density at radius 1 is 1.30 bits per heavy atom. The zero-order valence-electron chi connectivity index (χ0n) is 10.6. The van der Waals surface area contributed by atoms with E-state index in [0.29, 0.717) is 0 Å². The third-order valence-corrected chi connectivity index (χ3v) is 3.78. The summed E-state index contributed by atoms with van der Waals surface area (Å²) in [7, 11) is 0. The van der Waals surface area contributed by atoms with Crippen molar-refractivity contribution in [2.45, 2.75) is 16.8 Å². The zero-order valence-corrected chi connectivity index (χ0v) is 11.5. The van der Waals surface area contributed by atoms with E-state index in [9.17, 15) is 4.79 Å². The molecule has 0 bridgehead atoms. The van der Waals surface area contributed by atoms with Crippen molar-refractivity contribution in [3.63, 3.8) is 0 Å². The molecule has 0 aliphatic rings. The quantitative estimate of drug-likeness (QED) is 0.801. The van der Waals surface area contributed by atoms with Gasteiger partial charge < -0.3 is 5.11 Å². The molecule has 2 heterocycles. The van der Waals surface area contributed by atoms with Crippen LogP contribution in [0.1, 0.15) is 15.9 Å². The number of pyridine rings is 1. The van der Waals surface area contributed by atoms with E-state index >= 15 is 0 Å². The number of rotatable bonds is 3. The molecule has 20 heavy (non-hydrogen) atoms. The smallest absolute Gasteiger partial charge is 0.335 e. The monoisotopic (exact) mass is 285 g/mol. The molecule has 6 heteroatoms. The Balaban J connectivity index is 2.02. The van der Waals surface area contributed by atoms with Crippen LogP contribution in [-0.2, 0) is 0 Å². The molecule has 0 spiro atoms. The Morgan fingerprint density at radius 3 is 2.95 bits per heavy atom. The van der Waals surface area contributed by atoms with Crippen molar-refractivity contribution < 1.29 is 9.90 Å². The van der Waals surface area contributed by atoms with Crippen LogP contribution in [0.15, 0.2) is 52.6 Å². The minimum absolute atomic E-state index is 0.275. The van der Waals surface area contributed by atoms with E-state index in [1.165, 1.54) is 18.1 Å². The highest BCUT2D eigenvalue weighted by molar-refractivity contribution is 7.99. The molecule has 0 saturated heterocycles. The number of hydrogen-bond donors (Lipinski definition) is 1. The summed E-state index contributed by atoms with van der Waals surface area (Å²) in [5.41, 5.74) is 2.14. The largest absolute Gasteiger partial charge is 0.478 e. The molecule has 0 atom stereocenters. The predicted molar refractivity (Wildman–Crippen MR) is 75.2 cm³/mol. The standard InChI is InChI=1S/C14H11N3O2S/c1-9-5-12-15-8-16-17(12)13(6-9)20-11-4-2-3-10(7-11)14(18)19/h2-8H,1H3,(H,18,19). The lowest BCUT2D eigenvalue weighted by molar-refractivity contribution is 0.0696. The normalized spacial score (nSPS) is 10.8. The van der Waals surface area contributed by atoms with Crippen molar-refractivity contribution in [1.82, 2.24) is 14.6 Å². The maximum Gasteiger partial charge on any atom is 0.335 e. The molecule has 1 aromatic carbocycles. The molecular formula is C14H11N3O2S. The highest BCUT2D eigenvalue weighted by Crippen LogP contribution is 2.29. The molecule has 0 unspecified atom stereocenters. The number of aryl methyl sites for hydroxylation is 1. The van der Waals surface area contributed by atoms with Crippen LogP contribution in [-0.4, -0.2) is 25.7 Å². The third kappa shape index (κ3) is 2.37. The average Bonchev–Trinajstić information content (AvgIpc) is 2.87. The van der Waals surface area contributed by atoms with Crippen LogP contribution in [0.3, 0.4) is 0 Å². The van der Waals surface area contributed by atoms with Crippen LogP contribution in [0.25, 0.3) is 5.65 Å². The number of hydrogen-bond acceptors (Lipinski definition) is 4. The fraction of sp³-hybridized carbons (Fsp3) is 0.0714. The first-order valence-electron chi connectivity index (χ1n) is 5.95. The lowest BCUT2D eigenvalue weighted by atomic mass is 10.2. The molecule has 3 rings (SSSR count). The number of fused-ring (bicyclic) bond motifs is 1. The van der Waals surface area contributed by atoms with Gasteiger partial charge in [0.2, 0.25) is 0 Å². The van der Waals surface area contributed by atoms with Crippen molar-refractivity contribution in [2.75, 3.05) is 0 Å². The van der Waals surface area contributed by atoms with Crippen LogP contribution in [0.4, 0.5) is 0 Å². The number of aromatic carboxylic acids is 1. The van der Waals surface area contributed by atoms with E-state index in [4.69, 9.17) is 5.11 Å². The van der Waals surface area contributed by atoms with Crippen molar-refractivity contribution >= 4 is 23.4 Å². The Kier molecular flexibility index (Phi) is 3.15. The second-order valence-electron chi connectivity index (χ2n) is 4.34. The van der Waals surface area contributed by atoms with Gasteiger partial charge in [0.1, 0.15) is 11.4 Å². The number of benzene rings is 1. The van der Waals surface area contributed by atoms with Gasteiger partial charge in [-0.2, -0.15) is 5.10 Å². The molecular weight excluding hydrogens is 274 g/mol. The second-order valence-corrected chi connectivity index (χ2v) is 5.43. The number of aromatic nitrogens is 3. The average molecular weight is 285 g/mol. The van der Waals surface area contributed by atoms with Crippen LogP contribution in [0.2, 0.25) is 0 Å². The maximum absolute atomic E-state index is 11.0. The van der Waals surface area contributed by atoms with Crippen LogP contribution in [0.5, 0.6) is 0 Å². The molecule has 0 fully saturated rings. The van der Waals surface area contributed by atoms with Gasteiger partial charge in [-0.15, -0.1) is 0 Å². The summed E-state index contributed by atoms with van der Waals surface area (Å²) in [5, 5.41) is 14.1. The molecule has 2 aromatic heterocycles. The fourth-order valence-electron chi connectivity index (χ4n) is 1.91. The van der Waals surface area contributed by atoms with E-state index in [-0.39, 0.29) is 5.56 Å². The van der Waals surface area contributed by atoms with Gasteiger partial charge in [0, 0.05) is 4.90 Å². The summed E-state index contributed by atoms with van der Waals surface area (Å²) < 4.78 is 1.74. The van der Waals surface area contributed by atoms with Crippen LogP contribution < -0.4 is 0 Å². The Labute approximate surface area is 119 Å². The van der Waals surface area contributed by atoms with Crippen LogP contribution in [0, 0.1) is 6.92 Å². The topological polar surface area (TPSA) is 67.5 Å². The lowest BCUT2D eigenvalue weighted by Gasteiger charge is -2.06. The zero-order chi connectivity index (χ0) is 14.1. The van der Waals surface area contributed by atoms with Gasteiger partial charge in [0.15, 0.2) is 5.65 Å². The molecule has 3 aromatic rings. The Hall–Kier alpha value is -2.34. The van der Waals surface area contributed by atoms with Crippen molar-refractivity contribution in [2.24, 2.45) is 0 Å². The molecule has 0 aliphatic carbocycles. The molecule has 5 nitrogen and oxygen atoms in total. The summed E-state index contributed by atoms with van der Waals surface area (Å²) >= 11 is 1.46. The van der Waals surface area contributed by atoms with E-state index in [1.807, 2.05) is 25.1 Å². The summed E-state index contributed by atoms with van der Waals surface area (Å²) in [6, 6.07) is 10.8. The lowest BCUT2D eigenvalue weighted by Crippen LogP contribution is -1.96. The SMILES string of the molecule is Cc1cc(Sc2cccc(C(=O)O)c2)n2ncnc2c1.